The summed E-state index contributed by atoms with van der Waals surface area (Å²) < 4.78 is 2.08. The SMILES string of the molecule is C1=C[C@H]2[C@H](c3cn(-c4ccccc4)nc31)[C@H]1C3[C@H]4C=CC(C=C[C@@H]34)[C@H]21. The lowest BCUT2D eigenvalue weighted by molar-refractivity contribution is 0.0270. The van der Waals surface area contributed by atoms with Crippen molar-refractivity contribution in [3.05, 3.63) is 78.2 Å². The van der Waals surface area contributed by atoms with E-state index in [-0.39, 0.29) is 0 Å². The molecule has 2 unspecified atom stereocenters. The standard InChI is InChI=1S/C23H20N2/c1-2-4-14(5-3-1)25-12-18-19(24-25)11-10-17-20-13-6-8-15-16(9-7-13)21(15)23(20)22(17)18/h1-13,15-17,20-23H/t13?,15-,16+,17-,20-,21?,22-,23-/m1/s1. The minimum absolute atomic E-state index is 0.654. The smallest absolute Gasteiger partial charge is 0.0887 e. The second-order valence-electron chi connectivity index (χ2n) is 8.45. The number of hydrogen-bond donors (Lipinski definition) is 0. The van der Waals surface area contributed by atoms with E-state index < -0.39 is 0 Å². The molecule has 2 fully saturated rings. The number of benzene rings is 1. The van der Waals surface area contributed by atoms with E-state index >= 15 is 0 Å². The average molecular weight is 324 g/mol. The minimum atomic E-state index is 0.654. The molecule has 0 aliphatic heterocycles. The van der Waals surface area contributed by atoms with Crippen molar-refractivity contribution in [3.8, 4) is 5.69 Å². The summed E-state index contributed by atoms with van der Waals surface area (Å²) >= 11 is 0. The third-order valence-electron chi connectivity index (χ3n) is 7.54. The van der Waals surface area contributed by atoms with Gasteiger partial charge in [0.05, 0.1) is 11.4 Å². The van der Waals surface area contributed by atoms with E-state index in [4.69, 9.17) is 5.10 Å². The van der Waals surface area contributed by atoms with Crippen LogP contribution in [0.5, 0.6) is 0 Å². The lowest BCUT2D eigenvalue weighted by Crippen LogP contribution is -2.48. The Bertz CT molecular complexity index is 943. The van der Waals surface area contributed by atoms with Crippen LogP contribution in [0.4, 0.5) is 0 Å². The van der Waals surface area contributed by atoms with Gasteiger partial charge in [0.25, 0.3) is 0 Å². The van der Waals surface area contributed by atoms with E-state index in [2.05, 4.69) is 77.7 Å². The predicted octanol–water partition coefficient (Wildman–Crippen LogP) is 4.46. The molecular formula is C23H20N2. The molecule has 8 rings (SSSR count). The maximum Gasteiger partial charge on any atom is 0.0887 e. The molecule has 2 heteroatoms. The first-order valence-electron chi connectivity index (χ1n) is 9.60. The van der Waals surface area contributed by atoms with Gasteiger partial charge in [-0.2, -0.15) is 5.10 Å². The van der Waals surface area contributed by atoms with E-state index in [1.54, 1.807) is 0 Å². The third-order valence-corrected chi connectivity index (χ3v) is 7.54. The molecule has 1 aromatic carbocycles. The zero-order valence-corrected chi connectivity index (χ0v) is 13.9. The van der Waals surface area contributed by atoms with Crippen molar-refractivity contribution in [2.75, 3.05) is 0 Å². The van der Waals surface area contributed by atoms with Gasteiger partial charge in [0, 0.05) is 11.8 Å². The molecule has 2 nitrogen and oxygen atoms in total. The number of aromatic nitrogens is 2. The third kappa shape index (κ3) is 1.50. The van der Waals surface area contributed by atoms with Gasteiger partial charge in [-0.15, -0.1) is 0 Å². The predicted molar refractivity (Wildman–Crippen MR) is 98.0 cm³/mol. The Labute approximate surface area is 147 Å². The van der Waals surface area contributed by atoms with Crippen molar-refractivity contribution < 1.29 is 0 Å². The summed E-state index contributed by atoms with van der Waals surface area (Å²) in [4.78, 5) is 0. The Kier molecular flexibility index (Phi) is 2.19. The average Bonchev–Trinajstić information content (AvgIpc) is 3.25. The molecule has 6 aliphatic carbocycles. The van der Waals surface area contributed by atoms with E-state index in [0.29, 0.717) is 17.8 Å². The normalized spacial score (nSPS) is 43.5. The first-order valence-corrected chi connectivity index (χ1v) is 9.60. The summed E-state index contributed by atoms with van der Waals surface area (Å²) in [5.74, 6) is 6.20. The highest BCUT2D eigenvalue weighted by molar-refractivity contribution is 5.58. The van der Waals surface area contributed by atoms with Crippen LogP contribution in [0.3, 0.4) is 0 Å². The number of fused-ring (bicyclic) bond motifs is 3. The van der Waals surface area contributed by atoms with Crippen molar-refractivity contribution in [2.45, 2.75) is 5.92 Å². The summed E-state index contributed by atoms with van der Waals surface area (Å²) in [5, 5.41) is 4.89. The number of nitrogens with zero attached hydrogens (tertiary/aromatic N) is 2. The molecule has 0 N–H and O–H groups in total. The van der Waals surface area contributed by atoms with Gasteiger partial charge in [-0.25, -0.2) is 4.68 Å². The van der Waals surface area contributed by atoms with Crippen LogP contribution >= 0.6 is 0 Å². The van der Waals surface area contributed by atoms with Crippen molar-refractivity contribution >= 4 is 6.08 Å². The van der Waals surface area contributed by atoms with Gasteiger partial charge in [-0.1, -0.05) is 48.6 Å². The summed E-state index contributed by atoms with van der Waals surface area (Å²) in [6.45, 7) is 0. The number of para-hydroxylation sites is 1. The Morgan fingerprint density at radius 2 is 1.56 bits per heavy atom. The second kappa shape index (κ2) is 4.24. The van der Waals surface area contributed by atoms with Crippen molar-refractivity contribution in [1.29, 1.82) is 0 Å². The number of allylic oxidation sites excluding steroid dienone is 5. The van der Waals surface area contributed by atoms with E-state index in [9.17, 15) is 0 Å². The van der Waals surface area contributed by atoms with Crippen LogP contribution in [0.15, 0.2) is 66.9 Å². The van der Waals surface area contributed by atoms with Gasteiger partial charge in [0.2, 0.25) is 0 Å². The molecule has 2 saturated carbocycles. The summed E-state index contributed by atoms with van der Waals surface area (Å²) in [6, 6.07) is 10.5. The van der Waals surface area contributed by atoms with Crippen LogP contribution in [0.2, 0.25) is 0 Å². The van der Waals surface area contributed by atoms with Gasteiger partial charge >= 0.3 is 0 Å². The molecule has 0 radical (unpaired) electrons. The first-order chi connectivity index (χ1) is 12.4. The van der Waals surface area contributed by atoms with Crippen LogP contribution < -0.4 is 0 Å². The van der Waals surface area contributed by atoms with Crippen LogP contribution in [0, 0.1) is 41.4 Å². The fourth-order valence-corrected chi connectivity index (χ4v) is 6.47. The zero-order chi connectivity index (χ0) is 16.1. The molecular weight excluding hydrogens is 304 g/mol. The lowest BCUT2D eigenvalue weighted by atomic mass is 9.49. The van der Waals surface area contributed by atoms with Gasteiger partial charge in [-0.05, 0) is 65.6 Å². The van der Waals surface area contributed by atoms with Crippen LogP contribution in [-0.4, -0.2) is 9.78 Å². The minimum Gasteiger partial charge on any atom is -0.240 e. The Balaban J connectivity index is 1.33. The Morgan fingerprint density at radius 1 is 0.760 bits per heavy atom. The molecule has 4 bridgehead atoms. The fourth-order valence-electron chi connectivity index (χ4n) is 6.47. The molecule has 0 saturated heterocycles. The maximum absolute atomic E-state index is 4.89. The van der Waals surface area contributed by atoms with Gasteiger partial charge < -0.3 is 0 Å². The molecule has 25 heavy (non-hydrogen) atoms. The molecule has 2 aromatic rings. The zero-order valence-electron chi connectivity index (χ0n) is 13.9. The van der Waals surface area contributed by atoms with Crippen molar-refractivity contribution in [1.82, 2.24) is 9.78 Å². The maximum atomic E-state index is 4.89. The first kappa shape index (κ1) is 12.9. The topological polar surface area (TPSA) is 17.8 Å². The van der Waals surface area contributed by atoms with E-state index in [1.165, 1.54) is 11.3 Å². The molecule has 1 aromatic heterocycles. The van der Waals surface area contributed by atoms with Crippen molar-refractivity contribution in [3.63, 3.8) is 0 Å². The van der Waals surface area contributed by atoms with E-state index in [1.807, 2.05) is 0 Å². The Hall–Kier alpha value is -2.35. The fraction of sp³-hybridized carbons (Fsp3) is 0.348. The Morgan fingerprint density at radius 3 is 2.36 bits per heavy atom. The molecule has 0 spiro atoms. The van der Waals surface area contributed by atoms with E-state index in [0.717, 1.165) is 35.3 Å². The highest BCUT2D eigenvalue weighted by atomic mass is 15.3. The largest absolute Gasteiger partial charge is 0.240 e. The number of hydrogen-bond acceptors (Lipinski definition) is 1. The molecule has 0 amide bonds. The van der Waals surface area contributed by atoms with Gasteiger partial charge in [-0.3, -0.25) is 0 Å². The second-order valence-corrected chi connectivity index (χ2v) is 8.45. The molecule has 1 heterocycles. The number of rotatable bonds is 1. The van der Waals surface area contributed by atoms with Gasteiger partial charge in [0.1, 0.15) is 0 Å². The summed E-state index contributed by atoms with van der Waals surface area (Å²) in [7, 11) is 0. The monoisotopic (exact) mass is 324 g/mol. The molecule has 6 aliphatic rings. The summed E-state index contributed by atoms with van der Waals surface area (Å²) in [6.07, 6.45) is 17.1. The van der Waals surface area contributed by atoms with Crippen molar-refractivity contribution in [2.24, 2.45) is 41.4 Å². The molecule has 122 valence electrons. The lowest BCUT2D eigenvalue weighted by Gasteiger charge is -2.54. The quantitative estimate of drug-likeness (QED) is 0.708. The van der Waals surface area contributed by atoms with Crippen LogP contribution in [-0.2, 0) is 0 Å². The highest BCUT2D eigenvalue weighted by Crippen LogP contribution is 2.72. The van der Waals surface area contributed by atoms with Crippen LogP contribution in [0.25, 0.3) is 11.8 Å². The van der Waals surface area contributed by atoms with Crippen LogP contribution in [0.1, 0.15) is 17.2 Å². The van der Waals surface area contributed by atoms with Gasteiger partial charge in [0.15, 0.2) is 0 Å². The molecule has 8 atom stereocenters. The highest BCUT2D eigenvalue weighted by Gasteiger charge is 2.66. The summed E-state index contributed by atoms with van der Waals surface area (Å²) in [5.41, 5.74) is 3.84.